The van der Waals surface area contributed by atoms with Crippen molar-refractivity contribution in [1.29, 1.82) is 0 Å². The Morgan fingerprint density at radius 2 is 2.12 bits per heavy atom. The molecule has 2 rings (SSSR count). The zero-order valence-electron chi connectivity index (χ0n) is 10.7. The highest BCUT2D eigenvalue weighted by molar-refractivity contribution is 5.44. The van der Waals surface area contributed by atoms with Gasteiger partial charge in [0.15, 0.2) is 0 Å². The van der Waals surface area contributed by atoms with Gasteiger partial charge in [0.05, 0.1) is 0 Å². The van der Waals surface area contributed by atoms with E-state index in [1.165, 1.54) is 25.7 Å². The molecule has 94 valence electrons. The number of rotatable bonds is 3. The largest absolute Gasteiger partial charge is 0.384 e. The van der Waals surface area contributed by atoms with Crippen molar-refractivity contribution >= 4 is 11.6 Å². The van der Waals surface area contributed by atoms with E-state index >= 15 is 0 Å². The van der Waals surface area contributed by atoms with Crippen LogP contribution in [0.5, 0.6) is 0 Å². The molecule has 1 aliphatic carbocycles. The van der Waals surface area contributed by atoms with Crippen LogP contribution < -0.4 is 11.1 Å². The van der Waals surface area contributed by atoms with Crippen LogP contribution in [0.2, 0.25) is 0 Å². The van der Waals surface area contributed by atoms with Crippen molar-refractivity contribution in [3.8, 4) is 0 Å². The first-order valence-corrected chi connectivity index (χ1v) is 6.50. The van der Waals surface area contributed by atoms with E-state index in [2.05, 4.69) is 22.2 Å². The highest BCUT2D eigenvalue weighted by Crippen LogP contribution is 2.29. The fourth-order valence-corrected chi connectivity index (χ4v) is 2.61. The monoisotopic (exact) mass is 234 g/mol. The molecular formula is C13H22N4. The van der Waals surface area contributed by atoms with Crippen LogP contribution in [0.25, 0.3) is 0 Å². The average molecular weight is 234 g/mol. The molecule has 0 aliphatic heterocycles. The van der Waals surface area contributed by atoms with Gasteiger partial charge < -0.3 is 11.1 Å². The van der Waals surface area contributed by atoms with Gasteiger partial charge in [0.2, 0.25) is 0 Å². The third kappa shape index (κ3) is 3.32. The van der Waals surface area contributed by atoms with Crippen molar-refractivity contribution in [2.75, 3.05) is 17.6 Å². The number of hydrogen-bond acceptors (Lipinski definition) is 4. The zero-order chi connectivity index (χ0) is 12.3. The second kappa shape index (κ2) is 5.34. The summed E-state index contributed by atoms with van der Waals surface area (Å²) >= 11 is 0. The number of aryl methyl sites for hydroxylation is 1. The Bertz CT molecular complexity index is 357. The van der Waals surface area contributed by atoms with Crippen molar-refractivity contribution in [2.45, 2.75) is 39.5 Å². The van der Waals surface area contributed by atoms with Crippen LogP contribution >= 0.6 is 0 Å². The molecule has 1 aromatic rings. The molecule has 17 heavy (non-hydrogen) atoms. The molecule has 0 aromatic carbocycles. The Labute approximate surface area is 103 Å². The van der Waals surface area contributed by atoms with E-state index in [9.17, 15) is 0 Å². The normalized spacial score (nSPS) is 24.6. The summed E-state index contributed by atoms with van der Waals surface area (Å²) in [7, 11) is 0. The van der Waals surface area contributed by atoms with Gasteiger partial charge in [-0.2, -0.15) is 0 Å². The molecule has 1 aliphatic rings. The maximum atomic E-state index is 5.70. The second-order valence-electron chi connectivity index (χ2n) is 5.13. The van der Waals surface area contributed by atoms with Gasteiger partial charge in [0, 0.05) is 12.6 Å². The lowest BCUT2D eigenvalue weighted by atomic mass is 9.80. The maximum absolute atomic E-state index is 5.70. The van der Waals surface area contributed by atoms with Crippen molar-refractivity contribution < 1.29 is 0 Å². The number of nitrogen functional groups attached to an aromatic ring is 1. The van der Waals surface area contributed by atoms with Crippen molar-refractivity contribution in [2.24, 2.45) is 11.8 Å². The summed E-state index contributed by atoms with van der Waals surface area (Å²) in [5, 5.41) is 3.40. The van der Waals surface area contributed by atoms with E-state index in [1.54, 1.807) is 6.07 Å². The predicted octanol–water partition coefficient (Wildman–Crippen LogP) is 2.61. The Morgan fingerprint density at radius 3 is 2.82 bits per heavy atom. The van der Waals surface area contributed by atoms with Crippen LogP contribution in [-0.4, -0.2) is 16.5 Å². The standard InChI is InChI=1S/C13H22N4/c1-9-5-3-4-6-11(9)8-15-13-7-12(14)16-10(2)17-13/h7,9,11H,3-6,8H2,1-2H3,(H3,14,15,16,17). The highest BCUT2D eigenvalue weighted by Gasteiger charge is 2.20. The van der Waals surface area contributed by atoms with Crippen LogP contribution in [0.1, 0.15) is 38.4 Å². The van der Waals surface area contributed by atoms with Crippen LogP contribution in [0.4, 0.5) is 11.6 Å². The van der Waals surface area contributed by atoms with Gasteiger partial charge in [-0.15, -0.1) is 0 Å². The Balaban J connectivity index is 1.92. The quantitative estimate of drug-likeness (QED) is 0.843. The van der Waals surface area contributed by atoms with Gasteiger partial charge in [-0.05, 0) is 25.2 Å². The molecule has 0 bridgehead atoms. The highest BCUT2D eigenvalue weighted by atomic mass is 15.0. The molecule has 1 saturated carbocycles. The van der Waals surface area contributed by atoms with E-state index in [0.29, 0.717) is 5.82 Å². The van der Waals surface area contributed by atoms with Gasteiger partial charge in [-0.3, -0.25) is 0 Å². The Kier molecular flexibility index (Phi) is 3.82. The number of hydrogen-bond donors (Lipinski definition) is 2. The van der Waals surface area contributed by atoms with Gasteiger partial charge in [-0.1, -0.05) is 26.2 Å². The molecule has 4 heteroatoms. The summed E-state index contributed by atoms with van der Waals surface area (Å²) in [6.45, 7) is 5.22. The van der Waals surface area contributed by atoms with Crippen LogP contribution in [0, 0.1) is 18.8 Å². The summed E-state index contributed by atoms with van der Waals surface area (Å²) in [4.78, 5) is 8.41. The molecule has 4 nitrogen and oxygen atoms in total. The molecular weight excluding hydrogens is 212 g/mol. The number of nitrogens with one attached hydrogen (secondary N) is 1. The number of anilines is 2. The maximum Gasteiger partial charge on any atom is 0.131 e. The molecule has 1 heterocycles. The Morgan fingerprint density at radius 1 is 1.35 bits per heavy atom. The first-order valence-electron chi connectivity index (χ1n) is 6.50. The van der Waals surface area contributed by atoms with Gasteiger partial charge in [-0.25, -0.2) is 9.97 Å². The fraction of sp³-hybridized carbons (Fsp3) is 0.692. The third-order valence-corrected chi connectivity index (χ3v) is 3.69. The Hall–Kier alpha value is -1.32. The van der Waals surface area contributed by atoms with Crippen molar-refractivity contribution in [3.05, 3.63) is 11.9 Å². The predicted molar refractivity (Wildman–Crippen MR) is 70.8 cm³/mol. The summed E-state index contributed by atoms with van der Waals surface area (Å²) in [5.74, 6) is 3.70. The van der Waals surface area contributed by atoms with E-state index in [-0.39, 0.29) is 0 Å². The minimum absolute atomic E-state index is 0.539. The number of aromatic nitrogens is 2. The smallest absolute Gasteiger partial charge is 0.131 e. The zero-order valence-corrected chi connectivity index (χ0v) is 10.7. The second-order valence-corrected chi connectivity index (χ2v) is 5.13. The molecule has 1 aromatic heterocycles. The summed E-state index contributed by atoms with van der Waals surface area (Å²) in [6.07, 6.45) is 5.43. The van der Waals surface area contributed by atoms with Gasteiger partial charge >= 0.3 is 0 Å². The fourth-order valence-electron chi connectivity index (χ4n) is 2.61. The summed E-state index contributed by atoms with van der Waals surface area (Å²) < 4.78 is 0. The van der Waals surface area contributed by atoms with Crippen molar-refractivity contribution in [3.63, 3.8) is 0 Å². The van der Waals surface area contributed by atoms with Crippen LogP contribution in [0.15, 0.2) is 6.07 Å². The SMILES string of the molecule is Cc1nc(N)cc(NCC2CCCCC2C)n1. The van der Waals surface area contributed by atoms with E-state index in [1.807, 2.05) is 6.92 Å². The minimum atomic E-state index is 0.539. The lowest BCUT2D eigenvalue weighted by Gasteiger charge is -2.28. The lowest BCUT2D eigenvalue weighted by molar-refractivity contribution is 0.268. The first-order chi connectivity index (χ1) is 8.15. The third-order valence-electron chi connectivity index (χ3n) is 3.69. The van der Waals surface area contributed by atoms with Gasteiger partial charge in [0.25, 0.3) is 0 Å². The lowest BCUT2D eigenvalue weighted by Crippen LogP contribution is -2.24. The minimum Gasteiger partial charge on any atom is -0.384 e. The first kappa shape index (κ1) is 12.1. The molecule has 0 saturated heterocycles. The average Bonchev–Trinajstić information content (AvgIpc) is 2.27. The number of nitrogens with zero attached hydrogens (tertiary/aromatic N) is 2. The molecule has 2 atom stereocenters. The number of nitrogens with two attached hydrogens (primary N) is 1. The molecule has 2 unspecified atom stereocenters. The topological polar surface area (TPSA) is 63.8 Å². The molecule has 0 radical (unpaired) electrons. The molecule has 0 amide bonds. The summed E-state index contributed by atoms with van der Waals surface area (Å²) in [6, 6.07) is 1.81. The summed E-state index contributed by atoms with van der Waals surface area (Å²) in [5.41, 5.74) is 5.70. The molecule has 1 fully saturated rings. The van der Waals surface area contributed by atoms with E-state index < -0.39 is 0 Å². The van der Waals surface area contributed by atoms with Crippen molar-refractivity contribution in [1.82, 2.24) is 9.97 Å². The molecule has 0 spiro atoms. The van der Waals surface area contributed by atoms with Gasteiger partial charge in [0.1, 0.15) is 17.5 Å². The van der Waals surface area contributed by atoms with Crippen LogP contribution in [0.3, 0.4) is 0 Å². The van der Waals surface area contributed by atoms with E-state index in [0.717, 1.165) is 30.0 Å². The molecule has 3 N–H and O–H groups in total. The van der Waals surface area contributed by atoms with Crippen LogP contribution in [-0.2, 0) is 0 Å². The van der Waals surface area contributed by atoms with E-state index in [4.69, 9.17) is 5.73 Å².